The Labute approximate surface area is 164 Å². The van der Waals surface area contributed by atoms with Gasteiger partial charge in [0.25, 0.3) is 0 Å². The summed E-state index contributed by atoms with van der Waals surface area (Å²) in [6.45, 7) is 2.38. The molecule has 0 spiro atoms. The smallest absolute Gasteiger partial charge is 0.307 e. The van der Waals surface area contributed by atoms with Crippen molar-refractivity contribution in [1.82, 2.24) is 14.9 Å². The number of thiophene rings is 1. The molecule has 0 radical (unpaired) electrons. The summed E-state index contributed by atoms with van der Waals surface area (Å²) in [7, 11) is 0. The zero-order valence-electron chi connectivity index (χ0n) is 14.8. The zero-order valence-corrected chi connectivity index (χ0v) is 16.4. The predicted molar refractivity (Wildman–Crippen MR) is 111 cm³/mol. The van der Waals surface area contributed by atoms with E-state index in [0.717, 1.165) is 33.5 Å². The molecule has 1 amide bonds. The topological polar surface area (TPSA) is 66.9 Å². The van der Waals surface area contributed by atoms with Crippen LogP contribution >= 0.6 is 22.7 Å². The van der Waals surface area contributed by atoms with Gasteiger partial charge in [0.1, 0.15) is 6.54 Å². The predicted octanol–water partition coefficient (Wildman–Crippen LogP) is 3.71. The summed E-state index contributed by atoms with van der Waals surface area (Å²) in [6.07, 6.45) is 2.02. The minimum atomic E-state index is -0.153. The number of benzene rings is 1. The van der Waals surface area contributed by atoms with Gasteiger partial charge < -0.3 is 10.3 Å². The SMILES string of the molecule is Cc1csc(=O)n1CC(=O)NC[C@@H](c1cccs1)c1c[nH]c2ccccc12. The molecule has 5 nitrogen and oxygen atoms in total. The Morgan fingerprint density at radius 2 is 2.07 bits per heavy atom. The van der Waals surface area contributed by atoms with E-state index in [1.807, 2.05) is 36.7 Å². The average molecular weight is 398 g/mol. The Bertz CT molecular complexity index is 1120. The van der Waals surface area contributed by atoms with Crippen LogP contribution in [-0.4, -0.2) is 22.0 Å². The van der Waals surface area contributed by atoms with E-state index >= 15 is 0 Å². The molecule has 4 aromatic rings. The molecule has 4 rings (SSSR count). The maximum atomic E-state index is 12.5. The van der Waals surface area contributed by atoms with Crippen LogP contribution < -0.4 is 10.2 Å². The Kier molecular flexibility index (Phi) is 4.96. The number of para-hydroxylation sites is 1. The standard InChI is InChI=1S/C20H19N3O2S2/c1-13-12-27-20(25)23(13)11-19(24)22-10-16(18-7-4-8-26-18)15-9-21-17-6-3-2-5-14(15)17/h2-9,12,16,21H,10-11H2,1H3,(H,22,24)/t16-/m1/s1. The van der Waals surface area contributed by atoms with Crippen molar-refractivity contribution >= 4 is 39.5 Å². The molecule has 3 heterocycles. The zero-order chi connectivity index (χ0) is 18.8. The molecule has 0 unspecified atom stereocenters. The number of carbonyl (C=O) groups excluding carboxylic acids is 1. The van der Waals surface area contributed by atoms with Gasteiger partial charge in [0.15, 0.2) is 0 Å². The number of aromatic nitrogens is 2. The highest BCUT2D eigenvalue weighted by Crippen LogP contribution is 2.32. The van der Waals surface area contributed by atoms with Crippen molar-refractivity contribution in [1.29, 1.82) is 0 Å². The van der Waals surface area contributed by atoms with E-state index in [2.05, 4.69) is 28.5 Å². The van der Waals surface area contributed by atoms with Crippen LogP contribution in [0.15, 0.2) is 58.1 Å². The van der Waals surface area contributed by atoms with Gasteiger partial charge in [-0.2, -0.15) is 0 Å². The lowest BCUT2D eigenvalue weighted by atomic mass is 9.96. The number of carbonyl (C=O) groups is 1. The summed E-state index contributed by atoms with van der Waals surface area (Å²) in [5, 5.41) is 8.00. The molecule has 0 saturated carbocycles. The van der Waals surface area contributed by atoms with Crippen molar-refractivity contribution < 1.29 is 4.79 Å². The van der Waals surface area contributed by atoms with Gasteiger partial charge in [0, 0.05) is 45.5 Å². The Morgan fingerprint density at radius 1 is 1.22 bits per heavy atom. The van der Waals surface area contributed by atoms with Gasteiger partial charge in [-0.1, -0.05) is 35.6 Å². The summed E-state index contributed by atoms with van der Waals surface area (Å²) in [5.74, 6) is -0.0922. The molecule has 2 N–H and O–H groups in total. The van der Waals surface area contributed by atoms with E-state index in [-0.39, 0.29) is 23.2 Å². The maximum Gasteiger partial charge on any atom is 0.307 e. The van der Waals surface area contributed by atoms with Crippen LogP contribution in [0.1, 0.15) is 22.1 Å². The lowest BCUT2D eigenvalue weighted by Gasteiger charge is -2.16. The molecular weight excluding hydrogens is 378 g/mol. The van der Waals surface area contributed by atoms with Crippen molar-refractivity contribution in [3.63, 3.8) is 0 Å². The fourth-order valence-corrected chi connectivity index (χ4v) is 4.83. The summed E-state index contributed by atoms with van der Waals surface area (Å²) < 4.78 is 1.51. The lowest BCUT2D eigenvalue weighted by Crippen LogP contribution is -2.33. The van der Waals surface area contributed by atoms with Crippen molar-refractivity contribution in [2.24, 2.45) is 0 Å². The number of thiazole rings is 1. The molecule has 1 atom stereocenters. The molecule has 0 bridgehead atoms. The Morgan fingerprint density at radius 3 is 2.81 bits per heavy atom. The molecule has 0 aliphatic rings. The molecule has 138 valence electrons. The number of nitrogens with zero attached hydrogens (tertiary/aromatic N) is 1. The Balaban J connectivity index is 1.56. The number of nitrogens with one attached hydrogen (secondary N) is 2. The third-order valence-corrected chi connectivity index (χ3v) is 6.53. The summed E-state index contributed by atoms with van der Waals surface area (Å²) in [5.41, 5.74) is 3.06. The molecule has 27 heavy (non-hydrogen) atoms. The van der Waals surface area contributed by atoms with Crippen LogP contribution in [0.25, 0.3) is 10.9 Å². The van der Waals surface area contributed by atoms with Gasteiger partial charge in [0.2, 0.25) is 5.91 Å². The molecule has 7 heteroatoms. The van der Waals surface area contributed by atoms with Gasteiger partial charge in [0.05, 0.1) is 0 Å². The van der Waals surface area contributed by atoms with Gasteiger partial charge >= 0.3 is 4.87 Å². The molecule has 0 aliphatic heterocycles. The lowest BCUT2D eigenvalue weighted by molar-refractivity contribution is -0.121. The van der Waals surface area contributed by atoms with E-state index < -0.39 is 0 Å². The van der Waals surface area contributed by atoms with Crippen molar-refractivity contribution in [2.45, 2.75) is 19.4 Å². The fourth-order valence-electron chi connectivity index (χ4n) is 3.25. The van der Waals surface area contributed by atoms with Gasteiger partial charge in [-0.15, -0.1) is 11.3 Å². The second-order valence-electron chi connectivity index (χ2n) is 6.39. The normalized spacial score (nSPS) is 12.3. The number of amides is 1. The van der Waals surface area contributed by atoms with Gasteiger partial charge in [-0.3, -0.25) is 14.2 Å². The fraction of sp³-hybridized carbons (Fsp3) is 0.200. The third-order valence-electron chi connectivity index (χ3n) is 4.66. The van der Waals surface area contributed by atoms with E-state index in [4.69, 9.17) is 0 Å². The van der Waals surface area contributed by atoms with Gasteiger partial charge in [-0.05, 0) is 30.0 Å². The van der Waals surface area contributed by atoms with Crippen LogP contribution in [0.2, 0.25) is 0 Å². The number of H-pyrrole nitrogens is 1. The highest BCUT2D eigenvalue weighted by molar-refractivity contribution is 7.10. The molecular formula is C20H19N3O2S2. The first-order chi connectivity index (χ1) is 13.1. The van der Waals surface area contributed by atoms with Crippen molar-refractivity contribution in [2.75, 3.05) is 6.54 Å². The van der Waals surface area contributed by atoms with Crippen molar-refractivity contribution in [3.8, 4) is 0 Å². The molecule has 3 aromatic heterocycles. The van der Waals surface area contributed by atoms with Crippen LogP contribution in [0.5, 0.6) is 0 Å². The maximum absolute atomic E-state index is 12.5. The second-order valence-corrected chi connectivity index (χ2v) is 8.19. The monoisotopic (exact) mass is 397 g/mol. The molecule has 0 aliphatic carbocycles. The summed E-state index contributed by atoms with van der Waals surface area (Å²) in [6, 6.07) is 12.3. The number of hydrogen-bond acceptors (Lipinski definition) is 4. The minimum absolute atomic E-state index is 0.0548. The summed E-state index contributed by atoms with van der Waals surface area (Å²) in [4.78, 5) is 28.7. The minimum Gasteiger partial charge on any atom is -0.361 e. The van der Waals surface area contributed by atoms with E-state index in [1.54, 1.807) is 16.7 Å². The second kappa shape index (κ2) is 7.54. The van der Waals surface area contributed by atoms with Gasteiger partial charge in [-0.25, -0.2) is 0 Å². The third kappa shape index (κ3) is 3.61. The summed E-state index contributed by atoms with van der Waals surface area (Å²) >= 11 is 2.80. The Hall–Kier alpha value is -2.64. The quantitative estimate of drug-likeness (QED) is 0.521. The number of aromatic amines is 1. The number of aryl methyl sites for hydroxylation is 1. The van der Waals surface area contributed by atoms with E-state index in [0.29, 0.717) is 6.54 Å². The van der Waals surface area contributed by atoms with E-state index in [9.17, 15) is 9.59 Å². The largest absolute Gasteiger partial charge is 0.361 e. The van der Waals surface area contributed by atoms with E-state index in [1.165, 1.54) is 9.44 Å². The first-order valence-corrected chi connectivity index (χ1v) is 10.4. The number of rotatable bonds is 6. The van der Waals surface area contributed by atoms with Crippen LogP contribution in [-0.2, 0) is 11.3 Å². The van der Waals surface area contributed by atoms with Crippen LogP contribution in [0, 0.1) is 6.92 Å². The van der Waals surface area contributed by atoms with Crippen LogP contribution in [0.3, 0.4) is 0 Å². The molecule has 0 saturated heterocycles. The van der Waals surface area contributed by atoms with Crippen molar-refractivity contribution in [3.05, 3.63) is 79.2 Å². The molecule has 0 fully saturated rings. The number of fused-ring (bicyclic) bond motifs is 1. The molecule has 1 aromatic carbocycles. The first-order valence-electron chi connectivity index (χ1n) is 8.64. The highest BCUT2D eigenvalue weighted by Gasteiger charge is 2.20. The van der Waals surface area contributed by atoms with Crippen LogP contribution in [0.4, 0.5) is 0 Å². The number of hydrogen-bond donors (Lipinski definition) is 2. The average Bonchev–Trinajstić information content (AvgIpc) is 3.40. The first kappa shape index (κ1) is 17.8. The highest BCUT2D eigenvalue weighted by atomic mass is 32.1.